The number of esters is 2. The Morgan fingerprint density at radius 2 is 1.86 bits per heavy atom. The predicted molar refractivity (Wildman–Crippen MR) is 104 cm³/mol. The fourth-order valence-electron chi connectivity index (χ4n) is 4.34. The van der Waals surface area contributed by atoms with Crippen molar-refractivity contribution in [2.45, 2.75) is 33.1 Å². The predicted octanol–water partition coefficient (Wildman–Crippen LogP) is 3.22. The van der Waals surface area contributed by atoms with E-state index < -0.39 is 35.5 Å². The van der Waals surface area contributed by atoms with E-state index >= 15 is 0 Å². The second-order valence-electron chi connectivity index (χ2n) is 7.41. The molecule has 1 aromatic carbocycles. The molecule has 0 N–H and O–H groups in total. The number of hydrogen-bond acceptors (Lipinski definition) is 6. The third kappa shape index (κ3) is 3.73. The zero-order valence-corrected chi connectivity index (χ0v) is 16.9. The average molecular weight is 401 g/mol. The van der Waals surface area contributed by atoms with Crippen molar-refractivity contribution < 1.29 is 28.2 Å². The number of hydrogen-bond donors (Lipinski definition) is 0. The summed E-state index contributed by atoms with van der Waals surface area (Å²) in [7, 11) is 1.25. The van der Waals surface area contributed by atoms with Gasteiger partial charge >= 0.3 is 11.9 Å². The van der Waals surface area contributed by atoms with Gasteiger partial charge in [0.2, 0.25) is 0 Å². The van der Waals surface area contributed by atoms with Crippen molar-refractivity contribution in [2.24, 2.45) is 22.7 Å². The van der Waals surface area contributed by atoms with Crippen LogP contribution in [0.4, 0.5) is 4.39 Å². The molecule has 1 aromatic rings. The van der Waals surface area contributed by atoms with E-state index in [1.54, 1.807) is 26.0 Å². The van der Waals surface area contributed by atoms with Gasteiger partial charge in [-0.15, -0.1) is 0 Å². The Hall–Kier alpha value is -2.83. The van der Waals surface area contributed by atoms with Crippen LogP contribution in [0.1, 0.15) is 38.7 Å². The first-order valence-corrected chi connectivity index (χ1v) is 9.62. The lowest BCUT2D eigenvalue weighted by atomic mass is 9.64. The van der Waals surface area contributed by atoms with Crippen LogP contribution in [0.2, 0.25) is 0 Å². The number of carbonyl (C=O) groups is 3. The van der Waals surface area contributed by atoms with Gasteiger partial charge in [0.1, 0.15) is 11.7 Å². The molecular formula is C22H24FNO5. The first-order chi connectivity index (χ1) is 13.8. The van der Waals surface area contributed by atoms with Gasteiger partial charge in [0.05, 0.1) is 25.2 Å². The van der Waals surface area contributed by atoms with Crippen LogP contribution in [0.3, 0.4) is 0 Å². The van der Waals surface area contributed by atoms with Crippen molar-refractivity contribution >= 4 is 23.4 Å². The molecule has 0 amide bonds. The van der Waals surface area contributed by atoms with Crippen molar-refractivity contribution in [2.75, 3.05) is 13.7 Å². The third-order valence-corrected chi connectivity index (χ3v) is 5.60. The van der Waals surface area contributed by atoms with E-state index in [0.717, 1.165) is 0 Å². The van der Waals surface area contributed by atoms with Gasteiger partial charge in [-0.25, -0.2) is 9.18 Å². The summed E-state index contributed by atoms with van der Waals surface area (Å²) in [6.07, 6.45) is 0.432. The van der Waals surface area contributed by atoms with Crippen molar-refractivity contribution in [3.63, 3.8) is 0 Å². The molecule has 2 aliphatic rings. The van der Waals surface area contributed by atoms with Gasteiger partial charge in [-0.3, -0.25) is 14.6 Å². The summed E-state index contributed by atoms with van der Waals surface area (Å²) in [5.41, 5.74) is 1.96. The fraction of sp³-hybridized carbons (Fsp3) is 0.455. The Morgan fingerprint density at radius 1 is 1.21 bits per heavy atom. The zero-order chi connectivity index (χ0) is 21.3. The molecule has 154 valence electrons. The Bertz CT molecular complexity index is 902. The molecule has 1 saturated carbocycles. The van der Waals surface area contributed by atoms with Crippen LogP contribution in [0.15, 0.2) is 40.5 Å². The monoisotopic (exact) mass is 401 g/mol. The number of nitrogens with zero attached hydrogens (tertiary/aromatic N) is 1. The highest BCUT2D eigenvalue weighted by atomic mass is 19.1. The normalized spacial score (nSPS) is 26.5. The van der Waals surface area contributed by atoms with Crippen molar-refractivity contribution in [3.8, 4) is 0 Å². The van der Waals surface area contributed by atoms with Crippen molar-refractivity contribution in [1.29, 1.82) is 0 Å². The molecule has 0 bridgehead atoms. The maximum absolute atomic E-state index is 13.5. The molecule has 1 aliphatic heterocycles. The number of ketones is 1. The number of halogens is 1. The molecule has 4 atom stereocenters. The van der Waals surface area contributed by atoms with Crippen LogP contribution in [0.5, 0.6) is 0 Å². The van der Waals surface area contributed by atoms with Crippen LogP contribution < -0.4 is 0 Å². The lowest BCUT2D eigenvalue weighted by Crippen LogP contribution is -2.48. The number of methoxy groups -OCH3 is 1. The fourth-order valence-corrected chi connectivity index (χ4v) is 4.34. The highest BCUT2D eigenvalue weighted by molar-refractivity contribution is 6.17. The lowest BCUT2D eigenvalue weighted by Gasteiger charge is -2.40. The average Bonchev–Trinajstić information content (AvgIpc) is 2.67. The molecule has 6 nitrogen and oxygen atoms in total. The number of allylic oxidation sites excluding steroid dienone is 1. The number of ether oxygens (including phenoxy) is 2. The van der Waals surface area contributed by atoms with Crippen molar-refractivity contribution in [1.82, 2.24) is 0 Å². The Labute approximate surface area is 168 Å². The number of Topliss-reactive ketones (excluding diaryl/α,β-unsaturated/α-hetero) is 1. The molecular weight excluding hydrogens is 377 g/mol. The molecule has 0 unspecified atom stereocenters. The summed E-state index contributed by atoms with van der Waals surface area (Å²) in [4.78, 5) is 43.0. The minimum absolute atomic E-state index is 0.169. The van der Waals surface area contributed by atoms with Crippen molar-refractivity contribution in [3.05, 3.63) is 46.9 Å². The summed E-state index contributed by atoms with van der Waals surface area (Å²) < 4.78 is 23.6. The molecule has 1 fully saturated rings. The van der Waals surface area contributed by atoms with E-state index in [0.29, 0.717) is 23.4 Å². The lowest BCUT2D eigenvalue weighted by molar-refractivity contribution is -0.152. The van der Waals surface area contributed by atoms with E-state index in [9.17, 15) is 18.8 Å². The molecule has 0 spiro atoms. The molecule has 7 heteroatoms. The number of rotatable bonds is 4. The van der Waals surface area contributed by atoms with Gasteiger partial charge in [-0.2, -0.15) is 0 Å². The minimum Gasteiger partial charge on any atom is -0.468 e. The number of benzene rings is 1. The molecule has 1 heterocycles. The smallest absolute Gasteiger partial charge is 0.336 e. The van der Waals surface area contributed by atoms with Gasteiger partial charge in [0.25, 0.3) is 0 Å². The summed E-state index contributed by atoms with van der Waals surface area (Å²) in [5, 5.41) is 0. The maximum atomic E-state index is 13.5. The van der Waals surface area contributed by atoms with Crippen LogP contribution in [-0.2, 0) is 23.9 Å². The second kappa shape index (κ2) is 8.27. The Balaban J connectivity index is 2.17. The standard InChI is InChI=1S/C22H24FNO5/c1-5-29-22(27)17-12(3)24-15-10-11(2)16(21(26)28-4)20(25)19(15)18(17)13-6-8-14(23)9-7-13/h6-9,11,16,18-19H,5,10H2,1-4H3/t11-,16-,18+,19-/m1/s1. The third-order valence-electron chi connectivity index (χ3n) is 5.60. The van der Waals surface area contributed by atoms with E-state index in [1.165, 1.54) is 19.2 Å². The van der Waals surface area contributed by atoms with Gasteiger partial charge in [-0.1, -0.05) is 19.1 Å². The molecule has 0 radical (unpaired) electrons. The van der Waals surface area contributed by atoms with Gasteiger partial charge in [0, 0.05) is 17.3 Å². The molecule has 0 aromatic heterocycles. The molecule has 1 aliphatic carbocycles. The number of aliphatic imine (C=N–C) groups is 1. The molecule has 29 heavy (non-hydrogen) atoms. The molecule has 3 rings (SSSR count). The first-order valence-electron chi connectivity index (χ1n) is 9.62. The molecule has 0 saturated heterocycles. The van der Waals surface area contributed by atoms with Gasteiger partial charge in [0.15, 0.2) is 5.78 Å². The Kier molecular flexibility index (Phi) is 5.96. The van der Waals surface area contributed by atoms with Gasteiger partial charge in [-0.05, 0) is 43.9 Å². The van der Waals surface area contributed by atoms with Crippen LogP contribution >= 0.6 is 0 Å². The topological polar surface area (TPSA) is 82.0 Å². The first kappa shape index (κ1) is 20.9. The summed E-state index contributed by atoms with van der Waals surface area (Å²) in [6.45, 7) is 5.38. The SMILES string of the molecule is CCOC(=O)C1=C(C)N=C2C[C@@H](C)[C@@H](C(=O)OC)C(=O)[C@H]2[C@H]1c1ccc(F)cc1. The van der Waals surface area contributed by atoms with Crippen LogP contribution in [0, 0.1) is 23.6 Å². The zero-order valence-electron chi connectivity index (χ0n) is 16.9. The summed E-state index contributed by atoms with van der Waals surface area (Å²) in [6, 6.07) is 5.67. The largest absolute Gasteiger partial charge is 0.468 e. The number of fused-ring (bicyclic) bond motifs is 1. The maximum Gasteiger partial charge on any atom is 0.336 e. The van der Waals surface area contributed by atoms with E-state index in [2.05, 4.69) is 4.99 Å². The summed E-state index contributed by atoms with van der Waals surface area (Å²) in [5.74, 6) is -4.62. The minimum atomic E-state index is -0.936. The van der Waals surface area contributed by atoms with E-state index in [1.807, 2.05) is 6.92 Å². The quantitative estimate of drug-likeness (QED) is 0.572. The highest BCUT2D eigenvalue weighted by Gasteiger charge is 2.51. The van der Waals surface area contributed by atoms with E-state index in [4.69, 9.17) is 9.47 Å². The second-order valence-corrected chi connectivity index (χ2v) is 7.41. The number of carbonyl (C=O) groups excluding carboxylic acids is 3. The Morgan fingerprint density at radius 3 is 2.45 bits per heavy atom. The van der Waals surface area contributed by atoms with Gasteiger partial charge < -0.3 is 9.47 Å². The van der Waals surface area contributed by atoms with E-state index in [-0.39, 0.29) is 23.9 Å². The highest BCUT2D eigenvalue weighted by Crippen LogP contribution is 2.45. The summed E-state index contributed by atoms with van der Waals surface area (Å²) >= 11 is 0. The van der Waals surface area contributed by atoms with Crippen LogP contribution in [0.25, 0.3) is 0 Å². The van der Waals surface area contributed by atoms with Crippen LogP contribution in [-0.4, -0.2) is 37.2 Å².